The Morgan fingerprint density at radius 2 is 1.95 bits per heavy atom. The van der Waals surface area contributed by atoms with Crippen molar-refractivity contribution in [3.05, 3.63) is 28.2 Å². The van der Waals surface area contributed by atoms with Crippen molar-refractivity contribution >= 4 is 0 Å². The highest BCUT2D eigenvalue weighted by Crippen LogP contribution is 2.09. The number of hydrogen-bond donors (Lipinski definition) is 3. The molecule has 0 bridgehead atoms. The molecule has 0 saturated carbocycles. The van der Waals surface area contributed by atoms with E-state index in [0.717, 1.165) is 12.1 Å². The first kappa shape index (κ1) is 18.6. The summed E-state index contributed by atoms with van der Waals surface area (Å²) in [6, 6.07) is 1.40. The first-order valence-electron chi connectivity index (χ1n) is 7.56. The molecule has 0 amide bonds. The summed E-state index contributed by atoms with van der Waals surface area (Å²) in [4.78, 5) is 13.5. The predicted molar refractivity (Wildman–Crippen MR) is 82.9 cm³/mol. The molecule has 0 spiro atoms. The highest BCUT2D eigenvalue weighted by Gasteiger charge is 2.11. The lowest BCUT2D eigenvalue weighted by Gasteiger charge is -2.23. The Balaban J connectivity index is 2.84. The minimum Gasteiger partial charge on any atom is -0.503 e. The molecule has 1 heterocycles. The summed E-state index contributed by atoms with van der Waals surface area (Å²) in [5.41, 5.74) is 0.310. The third kappa shape index (κ3) is 6.15. The van der Waals surface area contributed by atoms with Crippen molar-refractivity contribution in [1.29, 1.82) is 0 Å². The quantitative estimate of drug-likeness (QED) is 0.488. The van der Waals surface area contributed by atoms with Crippen molar-refractivity contribution < 1.29 is 20.1 Å². The lowest BCUT2D eigenvalue weighted by atomic mass is 10.2. The summed E-state index contributed by atoms with van der Waals surface area (Å²) in [5.74, 6) is -0.281. The molecule has 1 aromatic heterocycles. The van der Waals surface area contributed by atoms with Gasteiger partial charge in [0.1, 0.15) is 0 Å². The van der Waals surface area contributed by atoms with Crippen molar-refractivity contribution in [1.82, 2.24) is 9.47 Å². The van der Waals surface area contributed by atoms with Crippen LogP contribution in [0.2, 0.25) is 0 Å². The van der Waals surface area contributed by atoms with Crippen LogP contribution in [0.1, 0.15) is 19.0 Å². The summed E-state index contributed by atoms with van der Waals surface area (Å²) in [6.45, 7) is 5.02. The number of ether oxygens (including phenoxy) is 1. The molecule has 0 unspecified atom stereocenters. The van der Waals surface area contributed by atoms with Crippen LogP contribution in [-0.2, 0) is 17.8 Å². The number of aryl methyl sites for hydroxylation is 1. The molecule has 7 heteroatoms. The molecule has 7 nitrogen and oxygen atoms in total. The van der Waals surface area contributed by atoms with Crippen LogP contribution in [0.4, 0.5) is 0 Å². The standard InChI is InChI=1S/C15H26N2O5/c1-2-22-9-3-4-17-12-15(21)14(20)10-13(17)11-16(5-7-18)6-8-19/h10,12,18-19,21H,2-9,11H2,1H3. The van der Waals surface area contributed by atoms with Gasteiger partial charge in [0.05, 0.1) is 19.4 Å². The van der Waals surface area contributed by atoms with Gasteiger partial charge in [-0.3, -0.25) is 9.69 Å². The van der Waals surface area contributed by atoms with E-state index in [9.17, 15) is 9.90 Å². The lowest BCUT2D eigenvalue weighted by Crippen LogP contribution is -2.31. The molecule has 1 rings (SSSR count). The summed E-state index contributed by atoms with van der Waals surface area (Å²) >= 11 is 0. The Hall–Kier alpha value is -1.41. The number of aliphatic hydroxyl groups excluding tert-OH is 2. The summed E-state index contributed by atoms with van der Waals surface area (Å²) in [5, 5.41) is 27.7. The van der Waals surface area contributed by atoms with Gasteiger partial charge in [-0.05, 0) is 13.3 Å². The molecular formula is C15H26N2O5. The van der Waals surface area contributed by atoms with E-state index in [1.807, 2.05) is 16.4 Å². The SMILES string of the molecule is CCOCCCn1cc(O)c(=O)cc1CN(CCO)CCO. The molecular weight excluding hydrogens is 288 g/mol. The smallest absolute Gasteiger partial charge is 0.223 e. The van der Waals surface area contributed by atoms with Gasteiger partial charge in [-0.2, -0.15) is 0 Å². The topological polar surface area (TPSA) is 95.2 Å². The van der Waals surface area contributed by atoms with Gasteiger partial charge in [-0.15, -0.1) is 0 Å². The second-order valence-corrected chi connectivity index (χ2v) is 4.98. The molecule has 0 aliphatic carbocycles. The summed E-state index contributed by atoms with van der Waals surface area (Å²) in [6.07, 6.45) is 2.20. The Labute approximate surface area is 130 Å². The molecule has 0 saturated heterocycles. The van der Waals surface area contributed by atoms with Gasteiger partial charge in [-0.25, -0.2) is 0 Å². The lowest BCUT2D eigenvalue weighted by molar-refractivity contribution is 0.139. The Morgan fingerprint density at radius 3 is 2.55 bits per heavy atom. The van der Waals surface area contributed by atoms with E-state index < -0.39 is 5.43 Å². The van der Waals surface area contributed by atoms with E-state index in [-0.39, 0.29) is 19.0 Å². The fourth-order valence-electron chi connectivity index (χ4n) is 2.21. The number of pyridine rings is 1. The third-order valence-electron chi connectivity index (χ3n) is 3.31. The Morgan fingerprint density at radius 1 is 1.27 bits per heavy atom. The first-order valence-corrected chi connectivity index (χ1v) is 7.56. The van der Waals surface area contributed by atoms with E-state index in [4.69, 9.17) is 14.9 Å². The van der Waals surface area contributed by atoms with Crippen molar-refractivity contribution in [3.8, 4) is 5.75 Å². The van der Waals surface area contributed by atoms with Crippen molar-refractivity contribution in [2.45, 2.75) is 26.4 Å². The monoisotopic (exact) mass is 314 g/mol. The Bertz CT molecular complexity index is 483. The van der Waals surface area contributed by atoms with E-state index in [0.29, 0.717) is 39.4 Å². The Kier molecular flexibility index (Phi) is 8.76. The fraction of sp³-hybridized carbons (Fsp3) is 0.667. The van der Waals surface area contributed by atoms with Gasteiger partial charge in [0.2, 0.25) is 5.43 Å². The van der Waals surface area contributed by atoms with Gasteiger partial charge >= 0.3 is 0 Å². The van der Waals surface area contributed by atoms with Crippen LogP contribution in [0.3, 0.4) is 0 Å². The fourth-order valence-corrected chi connectivity index (χ4v) is 2.21. The molecule has 22 heavy (non-hydrogen) atoms. The van der Waals surface area contributed by atoms with E-state index in [1.54, 1.807) is 0 Å². The van der Waals surface area contributed by atoms with Gasteiger partial charge in [0, 0.05) is 51.2 Å². The molecule has 0 atom stereocenters. The number of nitrogens with zero attached hydrogens (tertiary/aromatic N) is 2. The molecule has 126 valence electrons. The molecule has 1 aromatic rings. The van der Waals surface area contributed by atoms with Gasteiger partial charge in [-0.1, -0.05) is 0 Å². The summed E-state index contributed by atoms with van der Waals surface area (Å²) in [7, 11) is 0. The van der Waals surface area contributed by atoms with E-state index in [1.165, 1.54) is 12.3 Å². The zero-order valence-electron chi connectivity index (χ0n) is 13.1. The van der Waals surface area contributed by atoms with Crippen LogP contribution in [-0.4, -0.2) is 64.3 Å². The molecule has 0 fully saturated rings. The zero-order chi connectivity index (χ0) is 16.4. The van der Waals surface area contributed by atoms with Crippen molar-refractivity contribution in [2.24, 2.45) is 0 Å². The van der Waals surface area contributed by atoms with Crippen LogP contribution in [0.5, 0.6) is 5.75 Å². The highest BCUT2D eigenvalue weighted by atomic mass is 16.5. The molecule has 3 N–H and O–H groups in total. The molecule has 0 aromatic carbocycles. The molecule has 0 aliphatic rings. The van der Waals surface area contributed by atoms with Crippen molar-refractivity contribution in [2.75, 3.05) is 39.5 Å². The van der Waals surface area contributed by atoms with E-state index in [2.05, 4.69) is 0 Å². The largest absolute Gasteiger partial charge is 0.503 e. The minimum absolute atomic E-state index is 0.0212. The maximum Gasteiger partial charge on any atom is 0.223 e. The number of aromatic hydroxyl groups is 1. The third-order valence-corrected chi connectivity index (χ3v) is 3.31. The highest BCUT2D eigenvalue weighted by molar-refractivity contribution is 5.20. The normalized spacial score (nSPS) is 11.3. The van der Waals surface area contributed by atoms with Gasteiger partial charge in [0.15, 0.2) is 5.75 Å². The summed E-state index contributed by atoms with van der Waals surface area (Å²) < 4.78 is 7.11. The van der Waals surface area contributed by atoms with Crippen LogP contribution >= 0.6 is 0 Å². The second-order valence-electron chi connectivity index (χ2n) is 4.98. The number of hydrogen-bond acceptors (Lipinski definition) is 6. The number of aromatic nitrogens is 1. The van der Waals surface area contributed by atoms with Gasteiger partial charge < -0.3 is 24.6 Å². The van der Waals surface area contributed by atoms with E-state index >= 15 is 0 Å². The van der Waals surface area contributed by atoms with Crippen LogP contribution in [0.15, 0.2) is 17.1 Å². The molecule has 0 radical (unpaired) electrons. The average molecular weight is 314 g/mol. The minimum atomic E-state index is -0.427. The van der Waals surface area contributed by atoms with Crippen LogP contribution in [0, 0.1) is 0 Å². The average Bonchev–Trinajstić information content (AvgIpc) is 2.48. The maximum absolute atomic E-state index is 11.7. The second kappa shape index (κ2) is 10.3. The maximum atomic E-state index is 11.7. The molecule has 0 aliphatic heterocycles. The van der Waals surface area contributed by atoms with Crippen molar-refractivity contribution in [3.63, 3.8) is 0 Å². The predicted octanol–water partition coefficient (Wildman–Crippen LogP) is -0.233. The van der Waals surface area contributed by atoms with Crippen LogP contribution < -0.4 is 5.43 Å². The first-order chi connectivity index (χ1) is 10.6. The zero-order valence-corrected chi connectivity index (χ0v) is 13.1. The van der Waals surface area contributed by atoms with Crippen LogP contribution in [0.25, 0.3) is 0 Å². The number of rotatable bonds is 11. The van der Waals surface area contributed by atoms with Gasteiger partial charge in [0.25, 0.3) is 0 Å². The number of aliphatic hydroxyl groups is 2.